The average Bonchev–Trinajstić information content (AvgIpc) is 3.39. The molecule has 1 aliphatic rings. The Balaban J connectivity index is 1.51. The van der Waals surface area contributed by atoms with Gasteiger partial charge in [0.05, 0.1) is 15.9 Å². The van der Waals surface area contributed by atoms with Gasteiger partial charge < -0.3 is 5.32 Å². The number of aromatic nitrogens is 1. The van der Waals surface area contributed by atoms with Gasteiger partial charge in [0, 0.05) is 11.4 Å². The fourth-order valence-corrected chi connectivity index (χ4v) is 5.54. The third-order valence-electron chi connectivity index (χ3n) is 5.14. The van der Waals surface area contributed by atoms with Crippen molar-refractivity contribution in [2.75, 3.05) is 19.6 Å². The summed E-state index contributed by atoms with van der Waals surface area (Å²) in [7, 11) is 0. The van der Waals surface area contributed by atoms with Gasteiger partial charge in [0.25, 0.3) is 5.91 Å². The van der Waals surface area contributed by atoms with Gasteiger partial charge in [0.2, 0.25) is 0 Å². The van der Waals surface area contributed by atoms with E-state index in [9.17, 15) is 4.79 Å². The van der Waals surface area contributed by atoms with Gasteiger partial charge in [-0.25, -0.2) is 4.98 Å². The minimum atomic E-state index is -0.0817. The van der Waals surface area contributed by atoms with Crippen LogP contribution in [0.2, 0.25) is 0 Å². The number of carbonyl (C=O) groups excluding carboxylic acids is 1. The van der Waals surface area contributed by atoms with E-state index in [1.54, 1.807) is 22.7 Å². The molecule has 3 heterocycles. The number of nitrogens with zero attached hydrogens (tertiary/aromatic N) is 2. The highest BCUT2D eigenvalue weighted by Crippen LogP contribution is 2.31. The van der Waals surface area contributed by atoms with E-state index < -0.39 is 0 Å². The Labute approximate surface area is 174 Å². The molecule has 1 fully saturated rings. The number of hydrogen-bond acceptors (Lipinski definition) is 5. The molecule has 1 aromatic carbocycles. The minimum absolute atomic E-state index is 0.0817. The molecule has 0 aliphatic carbocycles. The summed E-state index contributed by atoms with van der Waals surface area (Å²) in [5.41, 5.74) is 1.58. The van der Waals surface area contributed by atoms with Crippen LogP contribution in [0.1, 0.15) is 45.7 Å². The number of rotatable bonds is 6. The summed E-state index contributed by atoms with van der Waals surface area (Å²) >= 11 is 3.35. The monoisotopic (exact) mass is 411 g/mol. The lowest BCUT2D eigenvalue weighted by Gasteiger charge is -2.34. The highest BCUT2D eigenvalue weighted by atomic mass is 32.1. The predicted molar refractivity (Wildman–Crippen MR) is 117 cm³/mol. The standard InChI is InChI=1S/C22H25N3OS2/c1-16-24-20(21(28-16)17-9-4-2-5-10-17)22(26)23-15-18(19-11-8-14-27-19)25-12-6-3-7-13-25/h2,4-5,8-11,14,18H,3,6-7,12-13,15H2,1H3,(H,23,26). The molecule has 4 rings (SSSR count). The Bertz CT molecular complexity index is 899. The third kappa shape index (κ3) is 4.35. The quantitative estimate of drug-likeness (QED) is 0.611. The molecule has 28 heavy (non-hydrogen) atoms. The van der Waals surface area contributed by atoms with Crippen LogP contribution in [0.4, 0.5) is 0 Å². The second-order valence-corrected chi connectivity index (χ2v) is 9.30. The normalized spacial score (nSPS) is 16.0. The van der Waals surface area contributed by atoms with Crippen molar-refractivity contribution < 1.29 is 4.79 Å². The van der Waals surface area contributed by atoms with E-state index in [1.165, 1.54) is 24.1 Å². The third-order valence-corrected chi connectivity index (χ3v) is 7.14. The first-order chi connectivity index (χ1) is 13.7. The maximum absolute atomic E-state index is 13.0. The van der Waals surface area contributed by atoms with Crippen LogP contribution in [0.3, 0.4) is 0 Å². The van der Waals surface area contributed by atoms with E-state index >= 15 is 0 Å². The zero-order valence-corrected chi connectivity index (χ0v) is 17.7. The second-order valence-electron chi connectivity index (χ2n) is 7.11. The van der Waals surface area contributed by atoms with Crippen molar-refractivity contribution in [3.05, 3.63) is 63.4 Å². The Kier molecular flexibility index (Phi) is 6.20. The van der Waals surface area contributed by atoms with Crippen LogP contribution in [0.5, 0.6) is 0 Å². The molecule has 1 amide bonds. The Morgan fingerprint density at radius 3 is 2.64 bits per heavy atom. The maximum Gasteiger partial charge on any atom is 0.271 e. The number of nitrogens with one attached hydrogen (secondary N) is 1. The van der Waals surface area contributed by atoms with Crippen molar-refractivity contribution >= 4 is 28.6 Å². The van der Waals surface area contributed by atoms with Gasteiger partial charge in [-0.1, -0.05) is 42.8 Å². The van der Waals surface area contributed by atoms with Crippen molar-refractivity contribution in [1.29, 1.82) is 0 Å². The molecule has 1 aliphatic heterocycles. The molecule has 4 nitrogen and oxygen atoms in total. The first kappa shape index (κ1) is 19.3. The van der Waals surface area contributed by atoms with Gasteiger partial charge in [0.1, 0.15) is 5.69 Å². The zero-order valence-electron chi connectivity index (χ0n) is 16.1. The van der Waals surface area contributed by atoms with E-state index in [0.717, 1.165) is 28.5 Å². The molecule has 6 heteroatoms. The topological polar surface area (TPSA) is 45.2 Å². The van der Waals surface area contributed by atoms with Gasteiger partial charge in [-0.05, 0) is 49.9 Å². The highest BCUT2D eigenvalue weighted by Gasteiger charge is 2.25. The molecular weight excluding hydrogens is 386 g/mol. The van der Waals surface area contributed by atoms with Gasteiger partial charge in [-0.3, -0.25) is 9.69 Å². The van der Waals surface area contributed by atoms with Crippen LogP contribution >= 0.6 is 22.7 Å². The lowest BCUT2D eigenvalue weighted by atomic mass is 10.1. The van der Waals surface area contributed by atoms with E-state index in [0.29, 0.717) is 12.2 Å². The van der Waals surface area contributed by atoms with E-state index in [4.69, 9.17) is 0 Å². The molecule has 1 N–H and O–H groups in total. The molecule has 0 bridgehead atoms. The number of hydrogen-bond donors (Lipinski definition) is 1. The Hall–Kier alpha value is -2.02. The van der Waals surface area contributed by atoms with Gasteiger partial charge in [0.15, 0.2) is 0 Å². The molecule has 1 saturated heterocycles. The lowest BCUT2D eigenvalue weighted by molar-refractivity contribution is 0.0922. The fraction of sp³-hybridized carbons (Fsp3) is 0.364. The Morgan fingerprint density at radius 1 is 1.14 bits per heavy atom. The van der Waals surface area contributed by atoms with Crippen molar-refractivity contribution in [1.82, 2.24) is 15.2 Å². The number of carbonyl (C=O) groups is 1. The van der Waals surface area contributed by atoms with Crippen LogP contribution in [-0.2, 0) is 0 Å². The molecular formula is C22H25N3OS2. The minimum Gasteiger partial charge on any atom is -0.349 e. The molecule has 0 saturated carbocycles. The molecule has 1 atom stereocenters. The average molecular weight is 412 g/mol. The SMILES string of the molecule is Cc1nc(C(=O)NCC(c2cccs2)N2CCCCC2)c(-c2ccccc2)s1. The summed E-state index contributed by atoms with van der Waals surface area (Å²) in [5.74, 6) is -0.0817. The molecule has 0 radical (unpaired) electrons. The van der Waals surface area contributed by atoms with Crippen LogP contribution in [0, 0.1) is 6.92 Å². The van der Waals surface area contributed by atoms with Crippen molar-refractivity contribution in [2.24, 2.45) is 0 Å². The van der Waals surface area contributed by atoms with E-state index in [1.807, 2.05) is 37.3 Å². The largest absolute Gasteiger partial charge is 0.349 e. The first-order valence-corrected chi connectivity index (χ1v) is 11.5. The van der Waals surface area contributed by atoms with Crippen LogP contribution in [0.15, 0.2) is 47.8 Å². The first-order valence-electron chi connectivity index (χ1n) is 9.81. The Morgan fingerprint density at radius 2 is 1.93 bits per heavy atom. The number of benzene rings is 1. The number of thiophene rings is 1. The van der Waals surface area contributed by atoms with E-state index in [-0.39, 0.29) is 11.9 Å². The summed E-state index contributed by atoms with van der Waals surface area (Å²) in [6.45, 7) is 4.77. The molecule has 3 aromatic rings. The maximum atomic E-state index is 13.0. The van der Waals surface area contributed by atoms with Gasteiger partial charge >= 0.3 is 0 Å². The van der Waals surface area contributed by atoms with Crippen LogP contribution < -0.4 is 5.32 Å². The second kappa shape index (κ2) is 8.99. The number of amides is 1. The fourth-order valence-electron chi connectivity index (χ4n) is 3.76. The predicted octanol–water partition coefficient (Wildman–Crippen LogP) is 5.14. The van der Waals surface area contributed by atoms with Crippen molar-refractivity contribution in [3.8, 4) is 10.4 Å². The summed E-state index contributed by atoms with van der Waals surface area (Å²) in [6, 6.07) is 14.6. The number of thiazole rings is 1. The number of piperidine rings is 1. The summed E-state index contributed by atoms with van der Waals surface area (Å²) in [6.07, 6.45) is 3.77. The molecule has 146 valence electrons. The zero-order chi connectivity index (χ0) is 19.3. The molecule has 1 unspecified atom stereocenters. The number of likely N-dealkylation sites (tertiary alicyclic amines) is 1. The number of aryl methyl sites for hydroxylation is 1. The molecule has 0 spiro atoms. The lowest BCUT2D eigenvalue weighted by Crippen LogP contribution is -2.40. The van der Waals surface area contributed by atoms with Crippen LogP contribution in [-0.4, -0.2) is 35.4 Å². The van der Waals surface area contributed by atoms with Gasteiger partial charge in [-0.2, -0.15) is 0 Å². The summed E-state index contributed by atoms with van der Waals surface area (Å²) in [5, 5.41) is 6.21. The van der Waals surface area contributed by atoms with Crippen LogP contribution in [0.25, 0.3) is 10.4 Å². The highest BCUT2D eigenvalue weighted by molar-refractivity contribution is 7.15. The van der Waals surface area contributed by atoms with Crippen molar-refractivity contribution in [2.45, 2.75) is 32.2 Å². The molecule has 2 aromatic heterocycles. The summed E-state index contributed by atoms with van der Waals surface area (Å²) < 4.78 is 0. The van der Waals surface area contributed by atoms with E-state index in [2.05, 4.69) is 32.7 Å². The smallest absolute Gasteiger partial charge is 0.271 e. The van der Waals surface area contributed by atoms with Crippen molar-refractivity contribution in [3.63, 3.8) is 0 Å². The summed E-state index contributed by atoms with van der Waals surface area (Å²) in [4.78, 5) is 22.3. The van der Waals surface area contributed by atoms with Gasteiger partial charge in [-0.15, -0.1) is 22.7 Å².